The molecule has 0 atom stereocenters. The minimum atomic E-state index is -0.319. The Labute approximate surface area is 189 Å². The second-order valence-corrected chi connectivity index (χ2v) is 7.92. The van der Waals surface area contributed by atoms with E-state index in [2.05, 4.69) is 25.7 Å². The fourth-order valence-electron chi connectivity index (χ4n) is 3.31. The van der Waals surface area contributed by atoms with Gasteiger partial charge in [-0.25, -0.2) is 0 Å². The van der Waals surface area contributed by atoms with Crippen LogP contribution in [0.15, 0.2) is 24.3 Å². The van der Waals surface area contributed by atoms with Crippen molar-refractivity contribution < 1.29 is 19.1 Å². The molecule has 0 aliphatic rings. The van der Waals surface area contributed by atoms with Crippen molar-refractivity contribution in [2.45, 2.75) is 104 Å². The fourth-order valence-corrected chi connectivity index (χ4v) is 3.31. The van der Waals surface area contributed by atoms with E-state index in [1.807, 2.05) is 24.3 Å². The minimum Gasteiger partial charge on any atom is -0.452 e. The molecule has 1 aromatic rings. The van der Waals surface area contributed by atoms with E-state index in [1.54, 1.807) is 0 Å². The van der Waals surface area contributed by atoms with E-state index in [4.69, 9.17) is 9.47 Å². The molecule has 31 heavy (non-hydrogen) atoms. The Morgan fingerprint density at radius 1 is 0.774 bits per heavy atom. The van der Waals surface area contributed by atoms with Crippen LogP contribution in [0.1, 0.15) is 103 Å². The molecule has 4 nitrogen and oxygen atoms in total. The molecule has 0 aliphatic carbocycles. The van der Waals surface area contributed by atoms with Crippen LogP contribution in [0.4, 0.5) is 0 Å². The Morgan fingerprint density at radius 2 is 1.45 bits per heavy atom. The lowest BCUT2D eigenvalue weighted by Crippen LogP contribution is -2.11. The van der Waals surface area contributed by atoms with Crippen molar-refractivity contribution in [3.8, 4) is 17.6 Å². The maximum atomic E-state index is 12.0. The van der Waals surface area contributed by atoms with Crippen LogP contribution in [0.3, 0.4) is 0 Å². The van der Waals surface area contributed by atoms with Gasteiger partial charge in [-0.3, -0.25) is 9.59 Å². The number of unbranched alkanes of at least 4 members (excludes halogenated alkanes) is 8. The second kappa shape index (κ2) is 18.5. The average molecular weight is 429 g/mol. The van der Waals surface area contributed by atoms with Crippen molar-refractivity contribution in [3.63, 3.8) is 0 Å². The van der Waals surface area contributed by atoms with Gasteiger partial charge >= 0.3 is 11.9 Å². The highest BCUT2D eigenvalue weighted by Gasteiger charge is 2.10. The largest absolute Gasteiger partial charge is 0.452 e. The Bertz CT molecular complexity index is 684. The molecule has 1 aromatic carbocycles. The Hall–Kier alpha value is -2.28. The Balaban J connectivity index is 2.05. The molecule has 0 spiro atoms. The number of aryl methyl sites for hydroxylation is 1. The normalized spacial score (nSPS) is 10.3. The standard InChI is InChI=1S/C27H40O4/c1-3-5-6-7-8-9-10-11-12-13-16-23-30-26(28)21-17-22-27(29)31-25-20-15-14-19-24(25)18-4-2/h14-15,19-20H,3-12,17-18,21-23H2,1-2H3. The number of para-hydroxylation sites is 1. The zero-order chi connectivity index (χ0) is 22.6. The lowest BCUT2D eigenvalue weighted by Gasteiger charge is -2.09. The highest BCUT2D eigenvalue weighted by molar-refractivity contribution is 5.74. The van der Waals surface area contributed by atoms with Crippen LogP contribution in [-0.2, 0) is 20.7 Å². The van der Waals surface area contributed by atoms with Gasteiger partial charge in [0.1, 0.15) is 5.75 Å². The second-order valence-electron chi connectivity index (χ2n) is 7.92. The van der Waals surface area contributed by atoms with E-state index in [0.29, 0.717) is 12.2 Å². The van der Waals surface area contributed by atoms with Crippen molar-refractivity contribution in [2.75, 3.05) is 6.61 Å². The lowest BCUT2D eigenvalue weighted by atomic mass is 10.1. The number of rotatable bonds is 16. The van der Waals surface area contributed by atoms with Crippen molar-refractivity contribution in [3.05, 3.63) is 29.8 Å². The van der Waals surface area contributed by atoms with E-state index in [1.165, 1.54) is 44.9 Å². The summed E-state index contributed by atoms with van der Waals surface area (Å²) in [5.41, 5.74) is 1.03. The molecule has 0 bridgehead atoms. The molecule has 4 heteroatoms. The van der Waals surface area contributed by atoms with E-state index in [-0.39, 0.29) is 31.4 Å². The topological polar surface area (TPSA) is 52.6 Å². The third-order valence-electron chi connectivity index (χ3n) is 5.06. The summed E-state index contributed by atoms with van der Waals surface area (Å²) in [6.07, 6.45) is 13.8. The number of benzene rings is 1. The third-order valence-corrected chi connectivity index (χ3v) is 5.06. The molecule has 0 unspecified atom stereocenters. The smallest absolute Gasteiger partial charge is 0.311 e. The van der Waals surface area contributed by atoms with Gasteiger partial charge in [-0.05, 0) is 30.9 Å². The van der Waals surface area contributed by atoms with Gasteiger partial charge in [-0.1, -0.05) is 95.3 Å². The maximum absolute atomic E-state index is 12.0. The quantitative estimate of drug-likeness (QED) is 0.126. The summed E-state index contributed by atoms with van der Waals surface area (Å²) < 4.78 is 10.6. The molecule has 0 saturated carbocycles. The van der Waals surface area contributed by atoms with Crippen LogP contribution in [0, 0.1) is 11.8 Å². The molecule has 0 radical (unpaired) electrons. The fraction of sp³-hybridized carbons (Fsp3) is 0.630. The van der Waals surface area contributed by atoms with E-state index < -0.39 is 0 Å². The van der Waals surface area contributed by atoms with Crippen molar-refractivity contribution in [1.82, 2.24) is 0 Å². The molecule has 0 amide bonds. The average Bonchev–Trinajstić information content (AvgIpc) is 2.76. The van der Waals surface area contributed by atoms with E-state index >= 15 is 0 Å². The van der Waals surface area contributed by atoms with Gasteiger partial charge in [0.25, 0.3) is 0 Å². The summed E-state index contributed by atoms with van der Waals surface area (Å²) >= 11 is 0. The number of hydrogen-bond donors (Lipinski definition) is 0. The first-order valence-corrected chi connectivity index (χ1v) is 12.1. The first kappa shape index (κ1) is 26.8. The summed E-state index contributed by atoms with van der Waals surface area (Å²) in [5, 5.41) is 0. The van der Waals surface area contributed by atoms with Crippen molar-refractivity contribution in [1.29, 1.82) is 0 Å². The van der Waals surface area contributed by atoms with Crippen molar-refractivity contribution in [2.24, 2.45) is 0 Å². The van der Waals surface area contributed by atoms with Gasteiger partial charge in [0.15, 0.2) is 6.61 Å². The van der Waals surface area contributed by atoms with Crippen LogP contribution >= 0.6 is 0 Å². The predicted octanol–water partition coefficient (Wildman–Crippen LogP) is 6.79. The van der Waals surface area contributed by atoms with Crippen molar-refractivity contribution >= 4 is 11.9 Å². The van der Waals surface area contributed by atoms with E-state index in [9.17, 15) is 9.59 Å². The molecule has 0 aromatic heterocycles. The number of carbonyl (C=O) groups is 2. The molecule has 0 heterocycles. The lowest BCUT2D eigenvalue weighted by molar-refractivity contribution is -0.142. The molecule has 0 aliphatic heterocycles. The van der Waals surface area contributed by atoms with E-state index in [0.717, 1.165) is 31.2 Å². The molecule has 0 fully saturated rings. The third kappa shape index (κ3) is 14.4. The maximum Gasteiger partial charge on any atom is 0.311 e. The van der Waals surface area contributed by atoms with Crippen LogP contribution in [0.2, 0.25) is 0 Å². The van der Waals surface area contributed by atoms with Crippen LogP contribution in [0.25, 0.3) is 0 Å². The first-order valence-electron chi connectivity index (χ1n) is 12.1. The number of ether oxygens (including phenoxy) is 2. The highest BCUT2D eigenvalue weighted by Crippen LogP contribution is 2.20. The van der Waals surface area contributed by atoms with Gasteiger partial charge in [0.05, 0.1) is 0 Å². The van der Waals surface area contributed by atoms with Crippen LogP contribution in [0.5, 0.6) is 5.75 Å². The summed E-state index contributed by atoms with van der Waals surface area (Å²) in [6.45, 7) is 4.46. The zero-order valence-corrected chi connectivity index (χ0v) is 19.5. The number of hydrogen-bond acceptors (Lipinski definition) is 4. The zero-order valence-electron chi connectivity index (χ0n) is 19.5. The minimum absolute atomic E-state index is 0.130. The number of esters is 2. The summed E-state index contributed by atoms with van der Waals surface area (Å²) in [5.74, 6) is 5.95. The van der Waals surface area contributed by atoms with Gasteiger partial charge in [-0.2, -0.15) is 0 Å². The van der Waals surface area contributed by atoms with Crippen LogP contribution < -0.4 is 4.74 Å². The monoisotopic (exact) mass is 428 g/mol. The van der Waals surface area contributed by atoms with Crippen LogP contribution in [-0.4, -0.2) is 18.5 Å². The molecule has 0 N–H and O–H groups in total. The number of carbonyl (C=O) groups excluding carboxylic acids is 2. The van der Waals surface area contributed by atoms with Gasteiger partial charge < -0.3 is 9.47 Å². The molecule has 1 rings (SSSR count). The molecular formula is C27H40O4. The highest BCUT2D eigenvalue weighted by atomic mass is 16.5. The predicted molar refractivity (Wildman–Crippen MR) is 126 cm³/mol. The van der Waals surface area contributed by atoms with Gasteiger partial charge in [0.2, 0.25) is 0 Å². The molecule has 172 valence electrons. The Morgan fingerprint density at radius 3 is 2.19 bits per heavy atom. The molecular weight excluding hydrogens is 388 g/mol. The summed E-state index contributed by atoms with van der Waals surface area (Å²) in [7, 11) is 0. The summed E-state index contributed by atoms with van der Waals surface area (Å²) in [6, 6.07) is 7.58. The summed E-state index contributed by atoms with van der Waals surface area (Å²) in [4.78, 5) is 23.8. The van der Waals surface area contributed by atoms with Gasteiger partial charge in [0, 0.05) is 19.3 Å². The Kier molecular flexibility index (Phi) is 16.0. The first-order chi connectivity index (χ1) is 15.2. The molecule has 0 saturated heterocycles. The van der Waals surface area contributed by atoms with Gasteiger partial charge in [-0.15, -0.1) is 0 Å². The SMILES string of the molecule is CCCCCCCCCCC#CCOC(=O)CCCC(=O)Oc1ccccc1CCC.